The first-order chi connectivity index (χ1) is 16.8. The maximum atomic E-state index is 13.2. The highest BCUT2D eigenvalue weighted by Crippen LogP contribution is 2.27. The Bertz CT molecular complexity index is 1250. The molecular formula is C25H28IN3O4S2. The molecule has 0 saturated carbocycles. The van der Waals surface area contributed by atoms with Crippen molar-refractivity contribution in [3.05, 3.63) is 80.2 Å². The van der Waals surface area contributed by atoms with Crippen LogP contribution in [0, 0.1) is 3.57 Å². The van der Waals surface area contributed by atoms with Gasteiger partial charge in [0.15, 0.2) is 0 Å². The van der Waals surface area contributed by atoms with Crippen molar-refractivity contribution in [1.29, 1.82) is 0 Å². The predicted molar refractivity (Wildman–Crippen MR) is 146 cm³/mol. The summed E-state index contributed by atoms with van der Waals surface area (Å²) < 4.78 is 34.6. The highest BCUT2D eigenvalue weighted by Gasteiger charge is 2.30. The van der Waals surface area contributed by atoms with Gasteiger partial charge in [0.2, 0.25) is 0 Å². The van der Waals surface area contributed by atoms with Gasteiger partial charge in [-0.05, 0) is 83.5 Å². The number of nitrogens with one attached hydrogen (secondary N) is 2. The molecule has 35 heavy (non-hydrogen) atoms. The van der Waals surface area contributed by atoms with Crippen molar-refractivity contribution in [3.8, 4) is 5.75 Å². The van der Waals surface area contributed by atoms with Crippen molar-refractivity contribution in [3.63, 3.8) is 0 Å². The molecule has 2 N–H and O–H groups in total. The van der Waals surface area contributed by atoms with Crippen LogP contribution in [0.3, 0.4) is 0 Å². The Kier molecular flexibility index (Phi) is 8.82. The molecule has 10 heteroatoms. The van der Waals surface area contributed by atoms with Crippen LogP contribution in [0.4, 0.5) is 0 Å². The lowest BCUT2D eigenvalue weighted by atomic mass is 10.1. The van der Waals surface area contributed by atoms with E-state index in [1.165, 1.54) is 20.5 Å². The molecule has 0 atom stereocenters. The Hall–Kier alpha value is -1.99. The average molecular weight is 626 g/mol. The van der Waals surface area contributed by atoms with Gasteiger partial charge >= 0.3 is 0 Å². The van der Waals surface area contributed by atoms with E-state index in [0.29, 0.717) is 34.7 Å². The standard InChI is InChI=1S/C25H28IN3O4S2/c1-33-22-4-2-3-19(15-22)25(30)28-17-23-9-10-24(34-23)35(31,32)29-13-11-21(12-14-29)27-16-18-5-7-20(26)8-6-18/h2-10,15,21,27H,11-14,16-17H2,1H3,(H,28,30). The van der Waals surface area contributed by atoms with Crippen molar-refractivity contribution in [1.82, 2.24) is 14.9 Å². The molecule has 7 nitrogen and oxygen atoms in total. The molecule has 4 rings (SSSR count). The van der Waals surface area contributed by atoms with Gasteiger partial charge in [-0.1, -0.05) is 18.2 Å². The summed E-state index contributed by atoms with van der Waals surface area (Å²) in [5.41, 5.74) is 1.72. The molecule has 0 radical (unpaired) electrons. The largest absolute Gasteiger partial charge is 0.497 e. The second-order valence-electron chi connectivity index (χ2n) is 8.32. The number of piperidine rings is 1. The summed E-state index contributed by atoms with van der Waals surface area (Å²) in [4.78, 5) is 13.2. The third-order valence-electron chi connectivity index (χ3n) is 5.95. The predicted octanol–water partition coefficient (Wildman–Crippen LogP) is 4.23. The van der Waals surface area contributed by atoms with E-state index in [1.807, 2.05) is 0 Å². The third kappa shape index (κ3) is 6.82. The van der Waals surface area contributed by atoms with E-state index in [-0.39, 0.29) is 12.5 Å². The quantitative estimate of drug-likeness (QED) is 0.348. The number of rotatable bonds is 9. The Morgan fingerprint density at radius 3 is 2.54 bits per heavy atom. The molecule has 1 fully saturated rings. The topological polar surface area (TPSA) is 87.7 Å². The smallest absolute Gasteiger partial charge is 0.252 e. The molecule has 0 unspecified atom stereocenters. The number of hydrogen-bond donors (Lipinski definition) is 2. The van der Waals surface area contributed by atoms with Gasteiger partial charge in [0, 0.05) is 39.7 Å². The zero-order valence-corrected chi connectivity index (χ0v) is 23.2. The van der Waals surface area contributed by atoms with Crippen LogP contribution < -0.4 is 15.4 Å². The first-order valence-corrected chi connectivity index (χ1v) is 14.7. The van der Waals surface area contributed by atoms with Crippen molar-refractivity contribution >= 4 is 49.9 Å². The molecule has 0 spiro atoms. The van der Waals surface area contributed by atoms with Gasteiger partial charge < -0.3 is 15.4 Å². The Balaban J connectivity index is 1.28. The third-order valence-corrected chi connectivity index (χ3v) is 10.1. The van der Waals surface area contributed by atoms with Crippen LogP contribution in [0.5, 0.6) is 5.75 Å². The molecule has 0 aliphatic carbocycles. The monoisotopic (exact) mass is 625 g/mol. The maximum Gasteiger partial charge on any atom is 0.252 e. The van der Waals surface area contributed by atoms with Gasteiger partial charge in [-0.15, -0.1) is 11.3 Å². The van der Waals surface area contributed by atoms with Crippen molar-refractivity contribution in [2.24, 2.45) is 0 Å². The van der Waals surface area contributed by atoms with Gasteiger partial charge in [-0.25, -0.2) is 8.42 Å². The normalized spacial score (nSPS) is 15.1. The van der Waals surface area contributed by atoms with Gasteiger partial charge in [0.05, 0.1) is 13.7 Å². The summed E-state index contributed by atoms with van der Waals surface area (Å²) in [6.45, 7) is 2.03. The first kappa shape index (κ1) is 26.1. The van der Waals surface area contributed by atoms with Crippen molar-refractivity contribution < 1.29 is 17.9 Å². The fourth-order valence-electron chi connectivity index (χ4n) is 3.92. The van der Waals surface area contributed by atoms with Gasteiger partial charge in [0.25, 0.3) is 15.9 Å². The molecule has 2 aromatic carbocycles. The molecule has 0 bridgehead atoms. The van der Waals surface area contributed by atoms with Gasteiger partial charge in [-0.3, -0.25) is 4.79 Å². The molecule has 1 aromatic heterocycles. The van der Waals surface area contributed by atoms with E-state index in [0.717, 1.165) is 24.3 Å². The number of ether oxygens (including phenoxy) is 1. The molecular weight excluding hydrogens is 597 g/mol. The Morgan fingerprint density at radius 1 is 1.09 bits per heavy atom. The van der Waals surface area contributed by atoms with Crippen molar-refractivity contribution in [2.75, 3.05) is 20.2 Å². The lowest BCUT2D eigenvalue weighted by Crippen LogP contribution is -2.44. The van der Waals surface area contributed by atoms with Crippen LogP contribution in [-0.2, 0) is 23.1 Å². The van der Waals surface area contributed by atoms with Crippen LogP contribution in [-0.4, -0.2) is 44.9 Å². The highest BCUT2D eigenvalue weighted by molar-refractivity contribution is 14.1. The number of amides is 1. The fraction of sp³-hybridized carbons (Fsp3) is 0.320. The zero-order valence-electron chi connectivity index (χ0n) is 19.4. The van der Waals surface area contributed by atoms with Crippen LogP contribution >= 0.6 is 33.9 Å². The summed E-state index contributed by atoms with van der Waals surface area (Å²) >= 11 is 3.49. The van der Waals surface area contributed by atoms with E-state index in [9.17, 15) is 13.2 Å². The second kappa shape index (κ2) is 11.8. The molecule has 1 aliphatic heterocycles. The first-order valence-electron chi connectivity index (χ1n) is 11.3. The number of carbonyl (C=O) groups is 1. The van der Waals surface area contributed by atoms with Crippen molar-refractivity contribution in [2.45, 2.75) is 36.2 Å². The lowest BCUT2D eigenvalue weighted by molar-refractivity contribution is 0.0951. The molecule has 3 aromatic rings. The minimum Gasteiger partial charge on any atom is -0.497 e. The van der Waals surface area contributed by atoms with E-state index in [1.54, 1.807) is 47.8 Å². The second-order valence-corrected chi connectivity index (χ2v) is 12.9. The van der Waals surface area contributed by atoms with Crippen LogP contribution in [0.1, 0.15) is 33.6 Å². The molecule has 2 heterocycles. The summed E-state index contributed by atoms with van der Waals surface area (Å²) in [5, 5.41) is 6.40. The van der Waals surface area contributed by atoms with E-state index in [2.05, 4.69) is 57.5 Å². The minimum atomic E-state index is -3.54. The van der Waals surface area contributed by atoms with Crippen LogP contribution in [0.2, 0.25) is 0 Å². The van der Waals surface area contributed by atoms with Crippen LogP contribution in [0.15, 0.2) is 64.9 Å². The van der Waals surface area contributed by atoms with Crippen LogP contribution in [0.25, 0.3) is 0 Å². The molecule has 1 saturated heterocycles. The molecule has 1 aliphatic rings. The average Bonchev–Trinajstić information content (AvgIpc) is 3.37. The Morgan fingerprint density at radius 2 is 1.83 bits per heavy atom. The number of methoxy groups -OCH3 is 1. The minimum absolute atomic E-state index is 0.235. The lowest BCUT2D eigenvalue weighted by Gasteiger charge is -2.31. The number of carbonyl (C=O) groups excluding carboxylic acids is 1. The number of hydrogen-bond acceptors (Lipinski definition) is 6. The summed E-state index contributed by atoms with van der Waals surface area (Å²) in [7, 11) is -1.99. The number of thiophene rings is 1. The van der Waals surface area contributed by atoms with E-state index in [4.69, 9.17) is 4.74 Å². The molecule has 1 amide bonds. The summed E-state index contributed by atoms with van der Waals surface area (Å²) in [6, 6.07) is 19.0. The van der Waals surface area contributed by atoms with Gasteiger partial charge in [-0.2, -0.15) is 4.31 Å². The summed E-state index contributed by atoms with van der Waals surface area (Å²) in [5.74, 6) is 0.373. The Labute approximate surface area is 224 Å². The number of halogens is 1. The number of nitrogens with zero attached hydrogens (tertiary/aromatic N) is 1. The zero-order chi connectivity index (χ0) is 24.8. The van der Waals surface area contributed by atoms with Gasteiger partial charge in [0.1, 0.15) is 9.96 Å². The highest BCUT2D eigenvalue weighted by atomic mass is 127. The number of benzene rings is 2. The maximum absolute atomic E-state index is 13.2. The SMILES string of the molecule is COc1cccc(C(=O)NCc2ccc(S(=O)(=O)N3CCC(NCc4ccc(I)cc4)CC3)s2)c1. The van der Waals surface area contributed by atoms with E-state index >= 15 is 0 Å². The number of sulfonamides is 1. The fourth-order valence-corrected chi connectivity index (χ4v) is 7.20. The summed E-state index contributed by atoms with van der Waals surface area (Å²) in [6.07, 6.45) is 1.55. The van der Waals surface area contributed by atoms with E-state index < -0.39 is 10.0 Å². The molecule has 186 valence electrons.